The van der Waals surface area contributed by atoms with E-state index in [4.69, 9.17) is 5.11 Å². The molecular formula is C18H21NO2. The Bertz CT molecular complexity index is 601. The lowest BCUT2D eigenvalue weighted by Gasteiger charge is -2.14. The van der Waals surface area contributed by atoms with E-state index in [-0.39, 0.29) is 18.4 Å². The molecule has 1 amide bonds. The second-order valence-corrected chi connectivity index (χ2v) is 6.24. The van der Waals surface area contributed by atoms with Gasteiger partial charge in [0.15, 0.2) is 0 Å². The van der Waals surface area contributed by atoms with Gasteiger partial charge in [0.2, 0.25) is 5.91 Å². The normalized spacial score (nSPS) is 25.7. The molecule has 0 aromatic heterocycles. The van der Waals surface area contributed by atoms with Gasteiger partial charge in [-0.1, -0.05) is 17.9 Å². The third kappa shape index (κ3) is 3.28. The minimum absolute atomic E-state index is 0.0609. The number of aliphatic hydroxyl groups excluding tert-OH is 1. The molecule has 1 aromatic rings. The molecule has 0 bridgehead atoms. The quantitative estimate of drug-likeness (QED) is 0.838. The Morgan fingerprint density at radius 3 is 2.81 bits per heavy atom. The van der Waals surface area contributed by atoms with Crippen molar-refractivity contribution in [3.8, 4) is 11.8 Å². The van der Waals surface area contributed by atoms with Gasteiger partial charge in [-0.3, -0.25) is 4.79 Å². The largest absolute Gasteiger partial charge is 0.395 e. The Hall–Kier alpha value is -1.79. The minimum atomic E-state index is 0.0609. The Balaban J connectivity index is 1.72. The zero-order valence-electron chi connectivity index (χ0n) is 12.4. The van der Waals surface area contributed by atoms with Crippen LogP contribution in [0.4, 0.5) is 5.69 Å². The van der Waals surface area contributed by atoms with Crippen LogP contribution < -0.4 is 5.32 Å². The summed E-state index contributed by atoms with van der Waals surface area (Å²) in [5.74, 6) is 7.87. The standard InChI is InChI=1S/C18H21NO2/c1-12-5-6-13(4-2-3-7-20)17(8-12)19-18(21)16-10-14-9-15(14)11-16/h5-6,8,14-16,20H,3,7,9-11H2,1H3,(H,19,21). The highest BCUT2D eigenvalue weighted by Crippen LogP contribution is 2.54. The molecule has 21 heavy (non-hydrogen) atoms. The Morgan fingerprint density at radius 1 is 1.33 bits per heavy atom. The maximum Gasteiger partial charge on any atom is 0.227 e. The molecule has 2 aliphatic carbocycles. The first-order chi connectivity index (χ1) is 10.2. The van der Waals surface area contributed by atoms with Gasteiger partial charge in [-0.25, -0.2) is 0 Å². The van der Waals surface area contributed by atoms with Gasteiger partial charge in [0.1, 0.15) is 0 Å². The van der Waals surface area contributed by atoms with E-state index < -0.39 is 0 Å². The molecule has 2 unspecified atom stereocenters. The Labute approximate surface area is 125 Å². The van der Waals surface area contributed by atoms with Crippen molar-refractivity contribution in [2.45, 2.75) is 32.6 Å². The maximum atomic E-state index is 12.4. The van der Waals surface area contributed by atoms with E-state index >= 15 is 0 Å². The predicted molar refractivity (Wildman–Crippen MR) is 82.7 cm³/mol. The van der Waals surface area contributed by atoms with Crippen LogP contribution in [0.25, 0.3) is 0 Å². The molecule has 2 N–H and O–H groups in total. The van der Waals surface area contributed by atoms with Crippen molar-refractivity contribution in [2.24, 2.45) is 17.8 Å². The molecule has 3 heteroatoms. The molecule has 0 aliphatic heterocycles. The average Bonchev–Trinajstić information content (AvgIpc) is 3.07. The van der Waals surface area contributed by atoms with Crippen molar-refractivity contribution < 1.29 is 9.90 Å². The number of hydrogen-bond acceptors (Lipinski definition) is 2. The van der Waals surface area contributed by atoms with E-state index in [1.807, 2.05) is 25.1 Å². The summed E-state index contributed by atoms with van der Waals surface area (Å²) in [7, 11) is 0. The number of nitrogens with one attached hydrogen (secondary N) is 1. The summed E-state index contributed by atoms with van der Waals surface area (Å²) in [6.45, 7) is 2.07. The lowest BCUT2D eigenvalue weighted by Crippen LogP contribution is -2.22. The third-order valence-electron chi connectivity index (χ3n) is 4.51. The number of anilines is 1. The molecule has 1 aromatic carbocycles. The van der Waals surface area contributed by atoms with Crippen LogP contribution in [0.15, 0.2) is 18.2 Å². The summed E-state index contributed by atoms with van der Waals surface area (Å²) in [4.78, 5) is 12.4. The summed E-state index contributed by atoms with van der Waals surface area (Å²) in [6, 6.07) is 5.89. The molecule has 2 saturated carbocycles. The first-order valence-corrected chi connectivity index (χ1v) is 7.68. The Morgan fingerprint density at radius 2 is 2.10 bits per heavy atom. The van der Waals surface area contributed by atoms with E-state index in [9.17, 15) is 4.79 Å². The number of aliphatic hydroxyl groups is 1. The molecule has 0 radical (unpaired) electrons. The molecule has 3 nitrogen and oxygen atoms in total. The van der Waals surface area contributed by atoms with Crippen molar-refractivity contribution in [1.82, 2.24) is 0 Å². The van der Waals surface area contributed by atoms with Crippen LogP contribution in [0.5, 0.6) is 0 Å². The maximum absolute atomic E-state index is 12.4. The molecule has 2 aliphatic rings. The van der Waals surface area contributed by atoms with Crippen LogP contribution in [-0.4, -0.2) is 17.6 Å². The summed E-state index contributed by atoms with van der Waals surface area (Å²) < 4.78 is 0. The van der Waals surface area contributed by atoms with Crippen LogP contribution >= 0.6 is 0 Å². The van der Waals surface area contributed by atoms with Gasteiger partial charge in [0, 0.05) is 17.9 Å². The number of fused-ring (bicyclic) bond motifs is 1. The first kappa shape index (κ1) is 14.2. The second kappa shape index (κ2) is 5.91. The molecule has 2 atom stereocenters. The summed E-state index contributed by atoms with van der Waals surface area (Å²) in [6.07, 6.45) is 3.88. The Kier molecular flexibility index (Phi) is 3.98. The fraction of sp³-hybridized carbons (Fsp3) is 0.500. The van der Waals surface area contributed by atoms with Crippen LogP contribution in [0.1, 0.15) is 36.8 Å². The highest BCUT2D eigenvalue weighted by atomic mass is 16.2. The van der Waals surface area contributed by atoms with Gasteiger partial charge in [0.05, 0.1) is 12.3 Å². The van der Waals surface area contributed by atoms with Crippen LogP contribution in [0, 0.1) is 36.5 Å². The van der Waals surface area contributed by atoms with Gasteiger partial charge < -0.3 is 10.4 Å². The van der Waals surface area contributed by atoms with E-state index in [1.165, 1.54) is 6.42 Å². The zero-order chi connectivity index (χ0) is 14.8. The van der Waals surface area contributed by atoms with Crippen molar-refractivity contribution in [1.29, 1.82) is 0 Å². The summed E-state index contributed by atoms with van der Waals surface area (Å²) in [5.41, 5.74) is 2.73. The molecule has 0 spiro atoms. The third-order valence-corrected chi connectivity index (χ3v) is 4.51. The fourth-order valence-corrected chi connectivity index (χ4v) is 3.25. The van der Waals surface area contributed by atoms with Crippen molar-refractivity contribution in [3.63, 3.8) is 0 Å². The minimum Gasteiger partial charge on any atom is -0.395 e. The lowest BCUT2D eigenvalue weighted by molar-refractivity contribution is -0.120. The van der Waals surface area contributed by atoms with Gasteiger partial charge in [-0.2, -0.15) is 0 Å². The molecule has 0 saturated heterocycles. The zero-order valence-corrected chi connectivity index (χ0v) is 12.4. The van der Waals surface area contributed by atoms with Crippen molar-refractivity contribution >= 4 is 11.6 Å². The molecule has 2 fully saturated rings. The van der Waals surface area contributed by atoms with Gasteiger partial charge >= 0.3 is 0 Å². The van der Waals surface area contributed by atoms with Crippen LogP contribution in [0.2, 0.25) is 0 Å². The van der Waals surface area contributed by atoms with Gasteiger partial charge in [-0.15, -0.1) is 0 Å². The average molecular weight is 283 g/mol. The molecule has 0 heterocycles. The SMILES string of the molecule is Cc1ccc(C#CCCO)c(NC(=O)C2CC3CC3C2)c1. The fourth-order valence-electron chi connectivity index (χ4n) is 3.25. The predicted octanol–water partition coefficient (Wildman–Crippen LogP) is 2.71. The number of aryl methyl sites for hydroxylation is 1. The van der Waals surface area contributed by atoms with Crippen molar-refractivity contribution in [3.05, 3.63) is 29.3 Å². The van der Waals surface area contributed by atoms with Crippen LogP contribution in [0.3, 0.4) is 0 Å². The number of carbonyl (C=O) groups excluding carboxylic acids is 1. The van der Waals surface area contributed by atoms with E-state index in [1.54, 1.807) is 0 Å². The van der Waals surface area contributed by atoms with Crippen LogP contribution in [-0.2, 0) is 4.79 Å². The number of carbonyl (C=O) groups is 1. The molecular weight excluding hydrogens is 262 g/mol. The number of rotatable bonds is 3. The van der Waals surface area contributed by atoms with E-state index in [0.717, 1.165) is 41.5 Å². The molecule has 3 rings (SSSR count). The summed E-state index contributed by atoms with van der Waals surface area (Å²) in [5, 5.41) is 11.9. The van der Waals surface area contributed by atoms with E-state index in [0.29, 0.717) is 6.42 Å². The van der Waals surface area contributed by atoms with Gasteiger partial charge in [-0.05, 0) is 55.7 Å². The first-order valence-electron chi connectivity index (χ1n) is 7.68. The highest BCUT2D eigenvalue weighted by Gasteiger charge is 2.48. The van der Waals surface area contributed by atoms with E-state index in [2.05, 4.69) is 17.2 Å². The number of benzene rings is 1. The number of amides is 1. The van der Waals surface area contributed by atoms with Gasteiger partial charge in [0.25, 0.3) is 0 Å². The lowest BCUT2D eigenvalue weighted by atomic mass is 10.0. The molecule has 110 valence electrons. The smallest absolute Gasteiger partial charge is 0.227 e. The summed E-state index contributed by atoms with van der Waals surface area (Å²) >= 11 is 0. The number of hydrogen-bond donors (Lipinski definition) is 2. The second-order valence-electron chi connectivity index (χ2n) is 6.24. The highest BCUT2D eigenvalue weighted by molar-refractivity contribution is 5.94. The monoisotopic (exact) mass is 283 g/mol. The van der Waals surface area contributed by atoms with Crippen molar-refractivity contribution in [2.75, 3.05) is 11.9 Å². The topological polar surface area (TPSA) is 49.3 Å².